The summed E-state index contributed by atoms with van der Waals surface area (Å²) in [5.41, 5.74) is 2.56. The van der Waals surface area contributed by atoms with E-state index in [2.05, 4.69) is 64.3 Å². The Morgan fingerprint density at radius 1 is 0.853 bits per heavy atom. The van der Waals surface area contributed by atoms with Crippen LogP contribution in [0.2, 0.25) is 0 Å². The number of aryl methyl sites for hydroxylation is 1. The van der Waals surface area contributed by atoms with Gasteiger partial charge in [0.25, 0.3) is 0 Å². The molecular weight excluding hydrogens is 422 g/mol. The third-order valence-electron chi connectivity index (χ3n) is 6.15. The van der Waals surface area contributed by atoms with E-state index in [9.17, 15) is 4.79 Å². The molecule has 188 valence electrons. The Morgan fingerprint density at radius 2 is 1.56 bits per heavy atom. The van der Waals surface area contributed by atoms with E-state index < -0.39 is 6.29 Å². The number of benzene rings is 2. The van der Waals surface area contributed by atoms with Crippen LogP contribution in [0.15, 0.2) is 54.6 Å². The van der Waals surface area contributed by atoms with Crippen LogP contribution in [0, 0.1) is 0 Å². The first-order chi connectivity index (χ1) is 16.4. The molecule has 0 aliphatic heterocycles. The highest BCUT2D eigenvalue weighted by Crippen LogP contribution is 2.20. The molecule has 0 spiro atoms. The lowest BCUT2D eigenvalue weighted by molar-refractivity contribution is -0.903. The maximum Gasteiger partial charge on any atom is 0.314 e. The highest BCUT2D eigenvalue weighted by atomic mass is 16.7. The van der Waals surface area contributed by atoms with Crippen LogP contribution in [0.1, 0.15) is 82.8 Å². The monoisotopic (exact) mass is 468 g/mol. The van der Waals surface area contributed by atoms with Gasteiger partial charge in [0.1, 0.15) is 12.3 Å². The first kappa shape index (κ1) is 27.9. The Balaban J connectivity index is 1.81. The van der Waals surface area contributed by atoms with Crippen molar-refractivity contribution in [3.8, 4) is 5.75 Å². The third-order valence-corrected chi connectivity index (χ3v) is 6.15. The van der Waals surface area contributed by atoms with Crippen molar-refractivity contribution in [1.29, 1.82) is 0 Å². The molecule has 2 rings (SSSR count). The van der Waals surface area contributed by atoms with Crippen molar-refractivity contribution in [3.05, 3.63) is 65.7 Å². The molecule has 1 unspecified atom stereocenters. The van der Waals surface area contributed by atoms with Crippen molar-refractivity contribution in [1.82, 2.24) is 0 Å². The molecule has 34 heavy (non-hydrogen) atoms. The smallest absolute Gasteiger partial charge is 0.314 e. The van der Waals surface area contributed by atoms with Crippen molar-refractivity contribution in [3.63, 3.8) is 0 Å². The average molecular weight is 469 g/mol. The predicted molar refractivity (Wildman–Crippen MR) is 141 cm³/mol. The molecule has 4 nitrogen and oxygen atoms in total. The van der Waals surface area contributed by atoms with Crippen molar-refractivity contribution in [2.75, 3.05) is 20.6 Å². The molecule has 0 saturated carbocycles. The maximum atomic E-state index is 12.6. The van der Waals surface area contributed by atoms with Gasteiger partial charge in [0.2, 0.25) is 6.29 Å². The summed E-state index contributed by atoms with van der Waals surface area (Å²) in [7, 11) is 4.30. The quantitative estimate of drug-likeness (QED) is 0.106. The molecule has 0 saturated heterocycles. The second kappa shape index (κ2) is 15.5. The number of hydrogen-bond acceptors (Lipinski definition) is 3. The molecule has 2 aromatic rings. The number of nitrogens with zero attached hydrogens (tertiary/aromatic N) is 1. The summed E-state index contributed by atoms with van der Waals surface area (Å²) in [6.07, 6.45) is 10.3. The van der Waals surface area contributed by atoms with Gasteiger partial charge in [0.05, 0.1) is 27.1 Å². The van der Waals surface area contributed by atoms with Gasteiger partial charge in [-0.2, -0.15) is 0 Å². The predicted octanol–water partition coefficient (Wildman–Crippen LogP) is 7.30. The summed E-state index contributed by atoms with van der Waals surface area (Å²) >= 11 is 0. The fourth-order valence-corrected chi connectivity index (χ4v) is 4.17. The Labute approximate surface area is 207 Å². The van der Waals surface area contributed by atoms with Gasteiger partial charge in [-0.05, 0) is 37.0 Å². The van der Waals surface area contributed by atoms with Crippen molar-refractivity contribution in [2.45, 2.75) is 90.9 Å². The zero-order chi connectivity index (χ0) is 24.7. The van der Waals surface area contributed by atoms with E-state index in [1.165, 1.54) is 49.7 Å². The largest absolute Gasteiger partial charge is 0.455 e. The lowest BCUT2D eigenvalue weighted by Gasteiger charge is -2.30. The standard InChI is InChI=1S/C30H46NO3/c1-5-7-8-9-10-12-17-26-20-15-21-28(24-26)33-30(16-6-2)34-29(32)22-23-31(3,4)25-27-18-13-11-14-19-27/h11,13-15,18-21,24,30H,5-10,12,16-17,22-23,25H2,1-4H3/q+1. The fraction of sp³-hybridized carbons (Fsp3) is 0.567. The van der Waals surface area contributed by atoms with Gasteiger partial charge >= 0.3 is 5.97 Å². The molecule has 0 N–H and O–H groups in total. The molecule has 0 heterocycles. The number of carbonyl (C=O) groups excluding carboxylic acids is 1. The molecule has 0 aliphatic rings. The van der Waals surface area contributed by atoms with E-state index in [-0.39, 0.29) is 5.97 Å². The Morgan fingerprint density at radius 3 is 2.29 bits per heavy atom. The zero-order valence-electron chi connectivity index (χ0n) is 21.9. The molecule has 4 heteroatoms. The van der Waals surface area contributed by atoms with Crippen LogP contribution in [0.5, 0.6) is 5.75 Å². The van der Waals surface area contributed by atoms with Crippen LogP contribution in [-0.4, -0.2) is 37.4 Å². The van der Waals surface area contributed by atoms with E-state index in [1.807, 2.05) is 18.2 Å². The summed E-state index contributed by atoms with van der Waals surface area (Å²) in [4.78, 5) is 12.6. The second-order valence-corrected chi connectivity index (χ2v) is 10.0. The molecule has 0 amide bonds. The van der Waals surface area contributed by atoms with Gasteiger partial charge in [0, 0.05) is 12.0 Å². The minimum atomic E-state index is -0.536. The minimum absolute atomic E-state index is 0.194. The first-order valence-electron chi connectivity index (χ1n) is 13.2. The lowest BCUT2D eigenvalue weighted by Crippen LogP contribution is -2.41. The topological polar surface area (TPSA) is 35.5 Å². The Bertz CT molecular complexity index is 819. The van der Waals surface area contributed by atoms with E-state index in [4.69, 9.17) is 9.47 Å². The highest BCUT2D eigenvalue weighted by molar-refractivity contribution is 5.69. The van der Waals surface area contributed by atoms with E-state index >= 15 is 0 Å². The number of unbranched alkanes of at least 4 members (excludes halogenated alkanes) is 5. The van der Waals surface area contributed by atoms with Gasteiger partial charge in [-0.3, -0.25) is 4.79 Å². The highest BCUT2D eigenvalue weighted by Gasteiger charge is 2.21. The van der Waals surface area contributed by atoms with Crippen LogP contribution in [0.25, 0.3) is 0 Å². The number of carbonyl (C=O) groups is 1. The first-order valence-corrected chi connectivity index (χ1v) is 13.2. The molecule has 0 bridgehead atoms. The molecule has 1 atom stereocenters. The number of ether oxygens (including phenoxy) is 2. The van der Waals surface area contributed by atoms with Crippen LogP contribution in [-0.2, 0) is 22.5 Å². The SMILES string of the molecule is CCCCCCCCc1cccc(OC(CCC)OC(=O)CC[N+](C)(C)Cc2ccccc2)c1. The van der Waals surface area contributed by atoms with E-state index in [1.54, 1.807) is 0 Å². The molecule has 0 fully saturated rings. The number of quaternary nitrogens is 1. The van der Waals surface area contributed by atoms with Gasteiger partial charge in [0.15, 0.2) is 0 Å². The summed E-state index contributed by atoms with van der Waals surface area (Å²) in [5.74, 6) is 0.593. The zero-order valence-corrected chi connectivity index (χ0v) is 21.9. The minimum Gasteiger partial charge on any atom is -0.455 e. The third kappa shape index (κ3) is 11.7. The van der Waals surface area contributed by atoms with Crippen molar-refractivity contribution >= 4 is 5.97 Å². The van der Waals surface area contributed by atoms with Gasteiger partial charge in [-0.15, -0.1) is 0 Å². The molecule has 0 radical (unpaired) electrons. The summed E-state index contributed by atoms with van der Waals surface area (Å²) in [6, 6.07) is 18.6. The molecule has 0 aliphatic carbocycles. The summed E-state index contributed by atoms with van der Waals surface area (Å²) < 4.78 is 12.6. The van der Waals surface area contributed by atoms with Crippen LogP contribution < -0.4 is 4.74 Å². The summed E-state index contributed by atoms with van der Waals surface area (Å²) in [6.45, 7) is 5.94. The van der Waals surface area contributed by atoms with E-state index in [0.29, 0.717) is 12.8 Å². The molecule has 2 aromatic carbocycles. The summed E-state index contributed by atoms with van der Waals surface area (Å²) in [5, 5.41) is 0. The Hall–Kier alpha value is -2.33. The van der Waals surface area contributed by atoms with Gasteiger partial charge < -0.3 is 14.0 Å². The van der Waals surface area contributed by atoms with Crippen molar-refractivity contribution in [2.24, 2.45) is 0 Å². The van der Waals surface area contributed by atoms with Crippen molar-refractivity contribution < 1.29 is 18.8 Å². The van der Waals surface area contributed by atoms with Gasteiger partial charge in [-0.1, -0.05) is 88.4 Å². The molecule has 0 aromatic heterocycles. The maximum absolute atomic E-state index is 12.6. The normalized spacial score (nSPS) is 12.4. The lowest BCUT2D eigenvalue weighted by atomic mass is 10.0. The van der Waals surface area contributed by atoms with Crippen LogP contribution in [0.4, 0.5) is 0 Å². The second-order valence-electron chi connectivity index (χ2n) is 10.0. The number of hydrogen-bond donors (Lipinski definition) is 0. The van der Waals surface area contributed by atoms with E-state index in [0.717, 1.165) is 36.2 Å². The molecular formula is C30H46NO3+. The number of rotatable bonds is 17. The van der Waals surface area contributed by atoms with Gasteiger partial charge in [-0.25, -0.2) is 0 Å². The number of esters is 1. The Kier molecular flexibility index (Phi) is 12.8. The van der Waals surface area contributed by atoms with Crippen LogP contribution in [0.3, 0.4) is 0 Å². The average Bonchev–Trinajstić information content (AvgIpc) is 2.81. The van der Waals surface area contributed by atoms with Crippen LogP contribution >= 0.6 is 0 Å². The fourth-order valence-electron chi connectivity index (χ4n) is 4.17.